The van der Waals surface area contributed by atoms with E-state index in [1.807, 2.05) is 24.3 Å². The van der Waals surface area contributed by atoms with Gasteiger partial charge in [0.25, 0.3) is 0 Å². The van der Waals surface area contributed by atoms with Gasteiger partial charge < -0.3 is 10.6 Å². The van der Waals surface area contributed by atoms with Crippen LogP contribution in [-0.2, 0) is 0 Å². The zero-order valence-corrected chi connectivity index (χ0v) is 13.5. The molecule has 0 spiro atoms. The number of hydrogen-bond donors (Lipinski definition) is 2. The summed E-state index contributed by atoms with van der Waals surface area (Å²) in [5, 5.41) is 7.02. The predicted octanol–water partition coefficient (Wildman–Crippen LogP) is 4.56. The number of thiocarbonyl (C=S) groups is 1. The number of anilines is 1. The first-order valence-corrected chi connectivity index (χ1v) is 8.10. The van der Waals surface area contributed by atoms with Crippen LogP contribution in [0.1, 0.15) is 0 Å². The van der Waals surface area contributed by atoms with Crippen LogP contribution < -0.4 is 10.6 Å². The van der Waals surface area contributed by atoms with Gasteiger partial charge in [-0.15, -0.1) is 11.8 Å². The second-order valence-corrected chi connectivity index (χ2v) is 6.18. The normalized spacial score (nSPS) is 10.2. The minimum atomic E-state index is -0.322. The second kappa shape index (κ2) is 8.22. The standard InChI is InChI=1S/C15H14ClFN2S2/c16-11-5-7-12(8-6-11)21-10-9-18-15(20)19-14-4-2-1-3-13(14)17/h1-8H,9-10H2,(H2,18,19,20). The van der Waals surface area contributed by atoms with Crippen LogP contribution in [0.4, 0.5) is 10.1 Å². The van der Waals surface area contributed by atoms with E-state index in [0.717, 1.165) is 15.7 Å². The maximum atomic E-state index is 13.4. The molecule has 0 amide bonds. The van der Waals surface area contributed by atoms with Crippen molar-refractivity contribution in [1.82, 2.24) is 5.32 Å². The van der Waals surface area contributed by atoms with E-state index in [2.05, 4.69) is 10.6 Å². The molecule has 2 nitrogen and oxygen atoms in total. The van der Waals surface area contributed by atoms with Crippen LogP contribution in [0.15, 0.2) is 53.4 Å². The Kier molecular flexibility index (Phi) is 6.29. The minimum absolute atomic E-state index is 0.322. The third-order valence-electron chi connectivity index (χ3n) is 2.59. The Balaban J connectivity index is 1.70. The SMILES string of the molecule is Fc1ccccc1NC(=S)NCCSc1ccc(Cl)cc1. The Morgan fingerprint density at radius 2 is 1.86 bits per heavy atom. The topological polar surface area (TPSA) is 24.1 Å². The molecular weight excluding hydrogens is 327 g/mol. The van der Waals surface area contributed by atoms with Crippen LogP contribution in [-0.4, -0.2) is 17.4 Å². The maximum Gasteiger partial charge on any atom is 0.170 e. The summed E-state index contributed by atoms with van der Waals surface area (Å²) in [5.74, 6) is 0.526. The first-order valence-electron chi connectivity index (χ1n) is 6.33. The second-order valence-electron chi connectivity index (χ2n) is 4.16. The van der Waals surface area contributed by atoms with Crippen molar-refractivity contribution >= 4 is 46.4 Å². The summed E-state index contributed by atoms with van der Waals surface area (Å²) < 4.78 is 13.4. The Morgan fingerprint density at radius 1 is 1.14 bits per heavy atom. The Morgan fingerprint density at radius 3 is 2.57 bits per heavy atom. The predicted molar refractivity (Wildman–Crippen MR) is 92.8 cm³/mol. The van der Waals surface area contributed by atoms with Crippen molar-refractivity contribution in [2.45, 2.75) is 4.90 Å². The molecule has 0 saturated carbocycles. The minimum Gasteiger partial charge on any atom is -0.362 e. The number of thioether (sulfide) groups is 1. The summed E-state index contributed by atoms with van der Waals surface area (Å²) in [6, 6.07) is 14.1. The quantitative estimate of drug-likeness (QED) is 0.473. The van der Waals surface area contributed by atoms with E-state index in [1.165, 1.54) is 6.07 Å². The van der Waals surface area contributed by atoms with Crippen molar-refractivity contribution < 1.29 is 4.39 Å². The van der Waals surface area contributed by atoms with E-state index < -0.39 is 0 Å². The lowest BCUT2D eigenvalue weighted by molar-refractivity contribution is 0.632. The van der Waals surface area contributed by atoms with Crippen LogP contribution in [0.5, 0.6) is 0 Å². The van der Waals surface area contributed by atoms with Crippen LogP contribution in [0.25, 0.3) is 0 Å². The van der Waals surface area contributed by atoms with Gasteiger partial charge in [-0.05, 0) is 48.6 Å². The van der Waals surface area contributed by atoms with E-state index >= 15 is 0 Å². The molecular formula is C15H14ClFN2S2. The van der Waals surface area contributed by atoms with E-state index in [0.29, 0.717) is 17.3 Å². The molecule has 6 heteroatoms. The molecule has 0 fully saturated rings. The number of halogens is 2. The molecule has 2 N–H and O–H groups in total. The lowest BCUT2D eigenvalue weighted by Gasteiger charge is -2.10. The Bertz CT molecular complexity index is 605. The summed E-state index contributed by atoms with van der Waals surface area (Å²) in [5.41, 5.74) is 0.375. The number of hydrogen-bond acceptors (Lipinski definition) is 2. The summed E-state index contributed by atoms with van der Waals surface area (Å²) in [6.45, 7) is 0.688. The zero-order valence-electron chi connectivity index (χ0n) is 11.1. The van der Waals surface area contributed by atoms with Gasteiger partial charge in [-0.2, -0.15) is 0 Å². The summed E-state index contributed by atoms with van der Waals surface area (Å²) >= 11 is 12.7. The van der Waals surface area contributed by atoms with Crippen molar-refractivity contribution in [1.29, 1.82) is 0 Å². The van der Waals surface area contributed by atoms with Gasteiger partial charge in [-0.25, -0.2) is 4.39 Å². The van der Waals surface area contributed by atoms with Gasteiger partial charge in [0.05, 0.1) is 5.69 Å². The maximum absolute atomic E-state index is 13.4. The van der Waals surface area contributed by atoms with Crippen LogP contribution >= 0.6 is 35.6 Å². The molecule has 2 aromatic carbocycles. The Hall–Kier alpha value is -1.30. The molecule has 0 radical (unpaired) electrons. The molecule has 110 valence electrons. The third-order valence-corrected chi connectivity index (χ3v) is 4.10. The van der Waals surface area contributed by atoms with Gasteiger partial charge in [0.1, 0.15) is 5.82 Å². The van der Waals surface area contributed by atoms with Crippen LogP contribution in [0.3, 0.4) is 0 Å². The highest BCUT2D eigenvalue weighted by atomic mass is 35.5. The summed E-state index contributed by atoms with van der Waals surface area (Å²) in [7, 11) is 0. The highest BCUT2D eigenvalue weighted by Crippen LogP contribution is 2.19. The third kappa shape index (κ3) is 5.53. The van der Waals surface area contributed by atoms with Crippen molar-refractivity contribution in [3.8, 4) is 0 Å². The highest BCUT2D eigenvalue weighted by Gasteiger charge is 2.02. The molecule has 0 unspecified atom stereocenters. The monoisotopic (exact) mass is 340 g/mol. The lowest BCUT2D eigenvalue weighted by atomic mass is 10.3. The fourth-order valence-corrected chi connectivity index (χ4v) is 2.70. The molecule has 21 heavy (non-hydrogen) atoms. The summed E-state index contributed by atoms with van der Waals surface area (Å²) in [6.07, 6.45) is 0. The first kappa shape index (κ1) is 16.1. The molecule has 0 heterocycles. The smallest absolute Gasteiger partial charge is 0.170 e. The number of rotatable bonds is 5. The average molecular weight is 341 g/mol. The number of benzene rings is 2. The number of para-hydroxylation sites is 1. The summed E-state index contributed by atoms with van der Waals surface area (Å²) in [4.78, 5) is 1.15. The van der Waals surface area contributed by atoms with Gasteiger partial charge in [-0.1, -0.05) is 23.7 Å². The average Bonchev–Trinajstić information content (AvgIpc) is 2.48. The lowest BCUT2D eigenvalue weighted by Crippen LogP contribution is -2.30. The van der Waals surface area contributed by atoms with Crippen LogP contribution in [0.2, 0.25) is 5.02 Å². The molecule has 0 atom stereocenters. The molecule has 2 aromatic rings. The number of nitrogens with one attached hydrogen (secondary N) is 2. The van der Waals surface area contributed by atoms with Crippen molar-refractivity contribution in [3.63, 3.8) is 0 Å². The first-order chi connectivity index (χ1) is 10.1. The largest absolute Gasteiger partial charge is 0.362 e. The van der Waals surface area contributed by atoms with Crippen molar-refractivity contribution in [3.05, 3.63) is 59.4 Å². The van der Waals surface area contributed by atoms with Gasteiger partial charge in [0, 0.05) is 22.2 Å². The fraction of sp³-hybridized carbons (Fsp3) is 0.133. The molecule has 0 aliphatic heterocycles. The van der Waals surface area contributed by atoms with E-state index in [-0.39, 0.29) is 5.82 Å². The van der Waals surface area contributed by atoms with E-state index in [9.17, 15) is 4.39 Å². The van der Waals surface area contributed by atoms with Gasteiger partial charge in [0.15, 0.2) is 5.11 Å². The molecule has 0 aliphatic carbocycles. The Labute approximate surface area is 138 Å². The van der Waals surface area contributed by atoms with Gasteiger partial charge in [-0.3, -0.25) is 0 Å². The zero-order chi connectivity index (χ0) is 15.1. The molecule has 0 aromatic heterocycles. The van der Waals surface area contributed by atoms with Crippen LogP contribution in [0, 0.1) is 5.82 Å². The van der Waals surface area contributed by atoms with Crippen molar-refractivity contribution in [2.75, 3.05) is 17.6 Å². The molecule has 0 aliphatic rings. The molecule has 0 bridgehead atoms. The fourth-order valence-electron chi connectivity index (χ4n) is 1.59. The molecule has 0 saturated heterocycles. The van der Waals surface area contributed by atoms with Gasteiger partial charge >= 0.3 is 0 Å². The van der Waals surface area contributed by atoms with E-state index in [4.69, 9.17) is 23.8 Å². The molecule has 2 rings (SSSR count). The van der Waals surface area contributed by atoms with Gasteiger partial charge in [0.2, 0.25) is 0 Å². The van der Waals surface area contributed by atoms with E-state index in [1.54, 1.807) is 30.0 Å². The van der Waals surface area contributed by atoms with Crippen molar-refractivity contribution in [2.24, 2.45) is 0 Å². The highest BCUT2D eigenvalue weighted by molar-refractivity contribution is 7.99.